The molecule has 6 heteroatoms. The zero-order valence-electron chi connectivity index (χ0n) is 14.1. The average Bonchev–Trinajstić information content (AvgIpc) is 2.91. The van der Waals surface area contributed by atoms with Crippen LogP contribution in [-0.2, 0) is 19.4 Å². The summed E-state index contributed by atoms with van der Waals surface area (Å²) in [6, 6.07) is 7.54. The molecule has 2 rings (SSSR count). The van der Waals surface area contributed by atoms with Gasteiger partial charge < -0.3 is 4.90 Å². The number of amides is 1. The van der Waals surface area contributed by atoms with Crippen molar-refractivity contribution in [3.63, 3.8) is 0 Å². The molecule has 0 bridgehead atoms. The second-order valence-electron chi connectivity index (χ2n) is 6.27. The summed E-state index contributed by atoms with van der Waals surface area (Å²) < 4.78 is 22.9. The van der Waals surface area contributed by atoms with Gasteiger partial charge in [-0.1, -0.05) is 35.9 Å². The number of aryl methyl sites for hydroxylation is 1. The number of rotatable bonds is 6. The Hall–Kier alpha value is -1.95. The molecule has 0 radical (unpaired) electrons. The molecule has 0 aromatic heterocycles. The highest BCUT2D eigenvalue weighted by molar-refractivity contribution is 7.91. The Kier molecular flexibility index (Phi) is 5.94. The summed E-state index contributed by atoms with van der Waals surface area (Å²) in [6.45, 7) is 2.00. The molecule has 0 spiro atoms. The van der Waals surface area contributed by atoms with Crippen LogP contribution in [0.4, 0.5) is 0 Å². The molecule has 1 aromatic carbocycles. The summed E-state index contributed by atoms with van der Waals surface area (Å²) in [5, 5.41) is 0. The molecule has 1 heterocycles. The molecule has 0 aliphatic carbocycles. The highest BCUT2D eigenvalue weighted by Crippen LogP contribution is 2.17. The normalized spacial score (nSPS) is 19.5. The fourth-order valence-electron chi connectivity index (χ4n) is 2.64. The van der Waals surface area contributed by atoms with Crippen molar-refractivity contribution >= 4 is 27.6 Å². The summed E-state index contributed by atoms with van der Waals surface area (Å²) in [5.41, 5.74) is 2.09. The highest BCUT2D eigenvalue weighted by Gasteiger charge is 2.32. The molecule has 130 valence electrons. The Morgan fingerprint density at radius 1 is 1.21 bits per heavy atom. The topological polar surface area (TPSA) is 71.5 Å². The van der Waals surface area contributed by atoms with Crippen molar-refractivity contribution in [2.24, 2.45) is 0 Å². The van der Waals surface area contributed by atoms with Gasteiger partial charge in [0.1, 0.15) is 0 Å². The molecule has 1 aromatic rings. The molecule has 1 amide bonds. The first-order chi connectivity index (χ1) is 11.3. The summed E-state index contributed by atoms with van der Waals surface area (Å²) in [7, 11) is -1.41. The first-order valence-electron chi connectivity index (χ1n) is 8.00. The van der Waals surface area contributed by atoms with Gasteiger partial charge >= 0.3 is 0 Å². The quantitative estimate of drug-likeness (QED) is 0.737. The van der Waals surface area contributed by atoms with E-state index in [0.717, 1.165) is 11.1 Å². The van der Waals surface area contributed by atoms with Crippen molar-refractivity contribution in [2.75, 3.05) is 18.6 Å². The Balaban J connectivity index is 1.80. The maximum Gasteiger partial charge on any atom is 0.223 e. The largest absolute Gasteiger partial charge is 0.342 e. The molecular weight excluding hydrogens is 326 g/mol. The van der Waals surface area contributed by atoms with Crippen molar-refractivity contribution in [1.29, 1.82) is 0 Å². The van der Waals surface area contributed by atoms with Gasteiger partial charge in [0.25, 0.3) is 0 Å². The number of carbonyl (C=O) groups excluding carboxylic acids is 2. The van der Waals surface area contributed by atoms with Crippen LogP contribution >= 0.6 is 0 Å². The van der Waals surface area contributed by atoms with Gasteiger partial charge in [0.2, 0.25) is 5.91 Å². The van der Waals surface area contributed by atoms with Crippen LogP contribution in [0.15, 0.2) is 30.3 Å². The minimum Gasteiger partial charge on any atom is -0.342 e. The maximum absolute atomic E-state index is 12.1. The summed E-state index contributed by atoms with van der Waals surface area (Å²) >= 11 is 0. The van der Waals surface area contributed by atoms with E-state index in [0.29, 0.717) is 6.42 Å². The molecule has 24 heavy (non-hydrogen) atoms. The molecule has 1 unspecified atom stereocenters. The molecule has 5 nitrogen and oxygen atoms in total. The minimum absolute atomic E-state index is 0.0243. The van der Waals surface area contributed by atoms with Crippen molar-refractivity contribution in [1.82, 2.24) is 4.90 Å². The molecule has 0 N–H and O–H groups in total. The fourth-order valence-corrected chi connectivity index (χ4v) is 4.42. The van der Waals surface area contributed by atoms with E-state index in [-0.39, 0.29) is 42.1 Å². The molecular formula is C18H23NO4S. The van der Waals surface area contributed by atoms with Crippen LogP contribution in [0, 0.1) is 6.92 Å². The van der Waals surface area contributed by atoms with Gasteiger partial charge in [-0.3, -0.25) is 9.59 Å². The van der Waals surface area contributed by atoms with Crippen LogP contribution in [0.25, 0.3) is 6.08 Å². The van der Waals surface area contributed by atoms with Gasteiger partial charge in [0.15, 0.2) is 15.6 Å². The maximum atomic E-state index is 12.1. The van der Waals surface area contributed by atoms with Crippen molar-refractivity contribution in [3.8, 4) is 0 Å². The first kappa shape index (κ1) is 18.4. The second-order valence-corrected chi connectivity index (χ2v) is 8.50. The van der Waals surface area contributed by atoms with Gasteiger partial charge in [-0.25, -0.2) is 8.42 Å². The number of sulfone groups is 1. The van der Waals surface area contributed by atoms with Crippen LogP contribution in [0.3, 0.4) is 0 Å². The van der Waals surface area contributed by atoms with E-state index in [2.05, 4.69) is 0 Å². The number of hydrogen-bond donors (Lipinski definition) is 0. The van der Waals surface area contributed by atoms with Crippen LogP contribution in [0.5, 0.6) is 0 Å². The van der Waals surface area contributed by atoms with Crippen molar-refractivity contribution < 1.29 is 18.0 Å². The van der Waals surface area contributed by atoms with E-state index in [4.69, 9.17) is 0 Å². The standard InChI is InChI=1S/C18H23NO4S/c1-14-3-5-15(6-4-14)7-8-17(20)9-10-18(21)19(2)16-11-12-24(22,23)13-16/h3-8,16H,9-13H2,1-2H3/b8-7+. The molecule has 0 saturated carbocycles. The van der Waals surface area contributed by atoms with Crippen LogP contribution < -0.4 is 0 Å². The van der Waals surface area contributed by atoms with E-state index in [1.54, 1.807) is 13.1 Å². The molecule has 1 atom stereocenters. The van der Waals surface area contributed by atoms with Gasteiger partial charge in [0.05, 0.1) is 11.5 Å². The Morgan fingerprint density at radius 2 is 1.88 bits per heavy atom. The highest BCUT2D eigenvalue weighted by atomic mass is 32.2. The zero-order chi connectivity index (χ0) is 17.7. The monoisotopic (exact) mass is 349 g/mol. The lowest BCUT2D eigenvalue weighted by atomic mass is 10.1. The smallest absolute Gasteiger partial charge is 0.223 e. The lowest BCUT2D eigenvalue weighted by Gasteiger charge is -2.23. The van der Waals surface area contributed by atoms with Crippen molar-refractivity contribution in [3.05, 3.63) is 41.5 Å². The van der Waals surface area contributed by atoms with Crippen LogP contribution in [0.2, 0.25) is 0 Å². The molecule has 1 saturated heterocycles. The number of nitrogens with zero attached hydrogens (tertiary/aromatic N) is 1. The third-order valence-electron chi connectivity index (χ3n) is 4.27. The van der Waals surface area contributed by atoms with Crippen molar-refractivity contribution in [2.45, 2.75) is 32.2 Å². The summed E-state index contributed by atoms with van der Waals surface area (Å²) in [5.74, 6) is -0.144. The SMILES string of the molecule is Cc1ccc(/C=C/C(=O)CCC(=O)N(C)C2CCS(=O)(=O)C2)cc1. The zero-order valence-corrected chi connectivity index (χ0v) is 14.9. The third kappa shape index (κ3) is 5.30. The fraction of sp³-hybridized carbons (Fsp3) is 0.444. The summed E-state index contributed by atoms with van der Waals surface area (Å²) in [4.78, 5) is 25.5. The number of ketones is 1. The van der Waals surface area contributed by atoms with Gasteiger partial charge in [0, 0.05) is 25.9 Å². The lowest BCUT2D eigenvalue weighted by Crippen LogP contribution is -2.37. The Bertz CT molecular complexity index is 735. The van der Waals surface area contributed by atoms with Gasteiger partial charge in [-0.2, -0.15) is 0 Å². The van der Waals surface area contributed by atoms with Crippen LogP contribution in [0.1, 0.15) is 30.4 Å². The second kappa shape index (κ2) is 7.75. The average molecular weight is 349 g/mol. The minimum atomic E-state index is -3.02. The number of benzene rings is 1. The predicted molar refractivity (Wildman–Crippen MR) is 94.3 cm³/mol. The first-order valence-corrected chi connectivity index (χ1v) is 9.82. The van der Waals surface area contributed by atoms with E-state index in [1.807, 2.05) is 31.2 Å². The van der Waals surface area contributed by atoms with Gasteiger partial charge in [-0.15, -0.1) is 0 Å². The number of allylic oxidation sites excluding steroid dienone is 1. The molecule has 1 fully saturated rings. The van der Waals surface area contributed by atoms with Gasteiger partial charge in [-0.05, 0) is 25.0 Å². The summed E-state index contributed by atoms with van der Waals surface area (Å²) in [6.07, 6.45) is 3.93. The van der Waals surface area contributed by atoms with E-state index in [1.165, 1.54) is 11.0 Å². The van der Waals surface area contributed by atoms with E-state index < -0.39 is 9.84 Å². The van der Waals surface area contributed by atoms with E-state index >= 15 is 0 Å². The predicted octanol–water partition coefficient (Wildman–Crippen LogP) is 2.00. The van der Waals surface area contributed by atoms with Crippen LogP contribution in [-0.4, -0.2) is 49.6 Å². The lowest BCUT2D eigenvalue weighted by molar-refractivity contribution is -0.133. The Morgan fingerprint density at radius 3 is 2.46 bits per heavy atom. The molecule has 1 aliphatic heterocycles. The molecule has 1 aliphatic rings. The number of hydrogen-bond acceptors (Lipinski definition) is 4. The third-order valence-corrected chi connectivity index (χ3v) is 6.02. The number of carbonyl (C=O) groups is 2. The van der Waals surface area contributed by atoms with E-state index in [9.17, 15) is 18.0 Å². The Labute approximate surface area is 143 Å².